The van der Waals surface area contributed by atoms with Gasteiger partial charge in [-0.2, -0.15) is 0 Å². The van der Waals surface area contributed by atoms with Crippen molar-refractivity contribution in [3.8, 4) is 0 Å². The summed E-state index contributed by atoms with van der Waals surface area (Å²) in [5.41, 5.74) is 5.04. The molecule has 2 N–H and O–H groups in total. The fraction of sp³-hybridized carbons (Fsp3) is 0.273. The average molecular weight is 489 g/mol. The fourth-order valence-corrected chi connectivity index (χ4v) is 4.53. The van der Waals surface area contributed by atoms with E-state index in [1.165, 1.54) is 46.2 Å². The Kier molecular flexibility index (Phi) is 5.98. The molecule has 3 aromatic rings. The maximum absolute atomic E-state index is 3.83. The van der Waals surface area contributed by atoms with E-state index in [-0.39, 0.29) is 6.17 Å². The lowest BCUT2D eigenvalue weighted by Crippen LogP contribution is -2.29. The Labute approximate surface area is 177 Å². The maximum atomic E-state index is 3.83. The second-order valence-corrected chi connectivity index (χ2v) is 9.17. The van der Waals surface area contributed by atoms with E-state index in [2.05, 4.69) is 104 Å². The zero-order valence-corrected chi connectivity index (χ0v) is 18.4. The smallest absolute Gasteiger partial charge is 0.126 e. The predicted molar refractivity (Wildman–Crippen MR) is 129 cm³/mol. The summed E-state index contributed by atoms with van der Waals surface area (Å²) in [6.45, 7) is 3.31. The quantitative estimate of drug-likeness (QED) is 0.276. The van der Waals surface area contributed by atoms with Gasteiger partial charge in [0.05, 0.1) is 22.9 Å². The number of rotatable bonds is 7. The van der Waals surface area contributed by atoms with Gasteiger partial charge in [0.1, 0.15) is 6.17 Å². The number of unbranched alkanes of at least 4 members (excludes halogenated alkanes) is 1. The molecule has 0 spiro atoms. The molecule has 0 aromatic heterocycles. The van der Waals surface area contributed by atoms with Gasteiger partial charge in [0.2, 0.25) is 0 Å². The van der Waals surface area contributed by atoms with Gasteiger partial charge < -0.3 is 15.5 Å². The van der Waals surface area contributed by atoms with Crippen LogP contribution in [0.15, 0.2) is 60.7 Å². The van der Waals surface area contributed by atoms with E-state index in [1.807, 2.05) is 0 Å². The minimum absolute atomic E-state index is 0.160. The molecule has 0 saturated heterocycles. The highest BCUT2D eigenvalue weighted by atomic mass is 127. The van der Waals surface area contributed by atoms with Gasteiger partial charge in [-0.3, -0.25) is 0 Å². The molecule has 0 radical (unpaired) electrons. The summed E-state index contributed by atoms with van der Waals surface area (Å²) in [6.07, 6.45) is 2.54. The van der Waals surface area contributed by atoms with Gasteiger partial charge in [-0.1, -0.05) is 70.8 Å². The van der Waals surface area contributed by atoms with Crippen molar-refractivity contribution in [2.24, 2.45) is 0 Å². The summed E-state index contributed by atoms with van der Waals surface area (Å²) in [5.74, 6) is 0.895. The van der Waals surface area contributed by atoms with E-state index in [4.69, 9.17) is 0 Å². The third-order valence-corrected chi connectivity index (χ3v) is 6.32. The minimum Gasteiger partial charge on any atom is -0.373 e. The molecule has 1 aliphatic heterocycles. The molecule has 1 unspecified atom stereocenters. The van der Waals surface area contributed by atoms with Crippen LogP contribution in [0.2, 0.25) is 0 Å². The lowest BCUT2D eigenvalue weighted by Gasteiger charge is -2.28. The first-order valence-corrected chi connectivity index (χ1v) is 13.0. The van der Waals surface area contributed by atoms with Crippen LogP contribution in [0.1, 0.15) is 31.5 Å². The van der Waals surface area contributed by atoms with Crippen molar-refractivity contribution in [2.75, 3.05) is 28.0 Å². The molecule has 3 aromatic carbocycles. The summed E-state index contributed by atoms with van der Waals surface area (Å²) in [4.78, 5) is 2.53. The Bertz CT molecular complexity index is 925. The Morgan fingerprint density at radius 3 is 2.74 bits per heavy atom. The van der Waals surface area contributed by atoms with Crippen molar-refractivity contribution in [1.82, 2.24) is 0 Å². The van der Waals surface area contributed by atoms with Crippen molar-refractivity contribution < 1.29 is 0 Å². The van der Waals surface area contributed by atoms with Crippen LogP contribution in [0.25, 0.3) is 10.8 Å². The highest BCUT2D eigenvalue weighted by Gasteiger charge is 2.31. The van der Waals surface area contributed by atoms with Gasteiger partial charge in [0.15, 0.2) is 0 Å². The SMILES string of the molecule is CCCCN1c2cccc(NCSI)c2NC1c1cccc2ccccc12. The number of fused-ring (bicyclic) bond motifs is 2. The Balaban J connectivity index is 1.77. The molecule has 0 amide bonds. The molecule has 1 heterocycles. The highest BCUT2D eigenvalue weighted by molar-refractivity contribution is 14.2. The van der Waals surface area contributed by atoms with Gasteiger partial charge in [0, 0.05) is 12.1 Å². The molecule has 27 heavy (non-hydrogen) atoms. The largest absolute Gasteiger partial charge is 0.373 e. The molecule has 1 aliphatic rings. The van der Waals surface area contributed by atoms with Crippen LogP contribution in [-0.2, 0) is 0 Å². The molecule has 140 valence electrons. The number of anilines is 3. The molecule has 3 nitrogen and oxygen atoms in total. The molecule has 5 heteroatoms. The van der Waals surface area contributed by atoms with Crippen LogP contribution in [0.5, 0.6) is 0 Å². The van der Waals surface area contributed by atoms with E-state index in [9.17, 15) is 0 Å². The number of hydrogen-bond acceptors (Lipinski definition) is 4. The number of nitrogens with zero attached hydrogens (tertiary/aromatic N) is 1. The van der Waals surface area contributed by atoms with Crippen LogP contribution < -0.4 is 15.5 Å². The van der Waals surface area contributed by atoms with E-state index >= 15 is 0 Å². The molecule has 0 bridgehead atoms. The normalized spacial score (nSPS) is 15.6. The first kappa shape index (κ1) is 18.7. The standard InChI is InChI=1S/C22H24IN3S/c1-2-3-14-26-20-13-7-12-19(24-15-27-23)21(20)25-22(26)18-11-6-9-16-8-4-5-10-17(16)18/h4-13,22,24-25H,2-3,14-15H2,1H3. The van der Waals surface area contributed by atoms with Crippen LogP contribution in [0.3, 0.4) is 0 Å². The first-order chi connectivity index (χ1) is 13.3. The topological polar surface area (TPSA) is 27.3 Å². The number of para-hydroxylation sites is 1. The van der Waals surface area contributed by atoms with E-state index in [0.717, 1.165) is 12.4 Å². The molecule has 4 rings (SSSR count). The number of benzene rings is 3. The summed E-state index contributed by atoms with van der Waals surface area (Å²) < 4.78 is 0. The Hall–Kier alpha value is -1.60. The molecule has 0 fully saturated rings. The monoisotopic (exact) mass is 489 g/mol. The van der Waals surface area contributed by atoms with E-state index in [0.29, 0.717) is 0 Å². The summed E-state index contributed by atoms with van der Waals surface area (Å²) >= 11 is 2.33. The lowest BCUT2D eigenvalue weighted by molar-refractivity contribution is 0.670. The van der Waals surface area contributed by atoms with Crippen LogP contribution in [0.4, 0.5) is 17.1 Å². The third kappa shape index (κ3) is 3.72. The van der Waals surface area contributed by atoms with Gasteiger partial charge in [-0.15, -0.1) is 0 Å². The van der Waals surface area contributed by atoms with Gasteiger partial charge in [0.25, 0.3) is 0 Å². The molecule has 0 aliphatic carbocycles. The second-order valence-electron chi connectivity index (χ2n) is 6.79. The van der Waals surface area contributed by atoms with E-state index in [1.54, 1.807) is 8.93 Å². The average Bonchev–Trinajstić information content (AvgIpc) is 3.09. The van der Waals surface area contributed by atoms with Crippen LogP contribution in [0, 0.1) is 0 Å². The third-order valence-electron chi connectivity index (χ3n) is 5.13. The lowest BCUT2D eigenvalue weighted by atomic mass is 10.0. The van der Waals surface area contributed by atoms with Gasteiger partial charge >= 0.3 is 0 Å². The van der Waals surface area contributed by atoms with Crippen molar-refractivity contribution in [3.63, 3.8) is 0 Å². The number of halogens is 1. The van der Waals surface area contributed by atoms with Crippen molar-refractivity contribution in [1.29, 1.82) is 0 Å². The highest BCUT2D eigenvalue weighted by Crippen LogP contribution is 2.46. The van der Waals surface area contributed by atoms with Crippen LogP contribution in [-0.4, -0.2) is 12.4 Å². The molecular formula is C22H24IN3S. The summed E-state index contributed by atoms with van der Waals surface area (Å²) in [6, 6.07) is 21.9. The Morgan fingerprint density at radius 1 is 1.07 bits per heavy atom. The zero-order valence-electron chi connectivity index (χ0n) is 15.4. The fourth-order valence-electron chi connectivity index (χ4n) is 3.85. The maximum Gasteiger partial charge on any atom is 0.126 e. The zero-order chi connectivity index (χ0) is 18.6. The van der Waals surface area contributed by atoms with Crippen molar-refractivity contribution in [2.45, 2.75) is 25.9 Å². The van der Waals surface area contributed by atoms with Gasteiger partial charge in [-0.25, -0.2) is 0 Å². The molecule has 1 atom stereocenters. The predicted octanol–water partition coefficient (Wildman–Crippen LogP) is 7.02. The summed E-state index contributed by atoms with van der Waals surface area (Å²) in [5, 5.41) is 10.00. The minimum atomic E-state index is 0.160. The Morgan fingerprint density at radius 2 is 1.89 bits per heavy atom. The first-order valence-electron chi connectivity index (χ1n) is 9.44. The van der Waals surface area contributed by atoms with Gasteiger partial charge in [-0.05, 0) is 50.5 Å². The van der Waals surface area contributed by atoms with Crippen molar-refractivity contribution >= 4 is 58.0 Å². The van der Waals surface area contributed by atoms with Crippen molar-refractivity contribution in [3.05, 3.63) is 66.2 Å². The molecule has 0 saturated carbocycles. The van der Waals surface area contributed by atoms with E-state index < -0.39 is 0 Å². The molecular weight excluding hydrogens is 465 g/mol. The number of hydrogen-bond donors (Lipinski definition) is 2. The summed E-state index contributed by atoms with van der Waals surface area (Å²) in [7, 11) is 1.77. The number of nitrogens with one attached hydrogen (secondary N) is 2. The van der Waals surface area contributed by atoms with Crippen LogP contribution >= 0.6 is 30.1 Å². The second kappa shape index (κ2) is 8.61.